The van der Waals surface area contributed by atoms with E-state index >= 15 is 0 Å². The van der Waals surface area contributed by atoms with E-state index in [1.165, 1.54) is 22.3 Å². The molecule has 1 unspecified atom stereocenters. The summed E-state index contributed by atoms with van der Waals surface area (Å²) in [4.78, 5) is 10.4. The van der Waals surface area contributed by atoms with Crippen LogP contribution in [0.15, 0.2) is 42.5 Å². The van der Waals surface area contributed by atoms with Crippen molar-refractivity contribution in [2.75, 3.05) is 0 Å². The van der Waals surface area contributed by atoms with Crippen molar-refractivity contribution in [1.29, 1.82) is 0 Å². The van der Waals surface area contributed by atoms with Crippen molar-refractivity contribution in [2.45, 2.75) is 58.3 Å². The maximum Gasteiger partial charge on any atom is 0.119 e. The maximum atomic E-state index is 10.4. The van der Waals surface area contributed by atoms with Crippen LogP contribution in [0.5, 0.6) is 0 Å². The fraction of sp³-hybridized carbons (Fsp3) is 0.409. The number of unbranched alkanes of at least 4 members (excludes halogenated alkanes) is 3. The maximum absolute atomic E-state index is 10.4. The van der Waals surface area contributed by atoms with Crippen molar-refractivity contribution < 1.29 is 4.79 Å². The van der Waals surface area contributed by atoms with Crippen LogP contribution >= 0.6 is 11.6 Å². The van der Waals surface area contributed by atoms with Gasteiger partial charge in [-0.05, 0) is 73.4 Å². The van der Waals surface area contributed by atoms with Crippen LogP contribution in [-0.4, -0.2) is 6.29 Å². The largest absolute Gasteiger partial charge is 0.303 e. The van der Waals surface area contributed by atoms with Gasteiger partial charge in [-0.1, -0.05) is 54.8 Å². The van der Waals surface area contributed by atoms with E-state index in [9.17, 15) is 4.79 Å². The first kappa shape index (κ1) is 18.7. The molecule has 24 heavy (non-hydrogen) atoms. The summed E-state index contributed by atoms with van der Waals surface area (Å²) in [5.74, 6) is 0.474. The average molecular weight is 343 g/mol. The lowest BCUT2D eigenvalue weighted by molar-refractivity contribution is -0.107. The smallest absolute Gasteiger partial charge is 0.119 e. The number of benzene rings is 2. The number of carbonyl (C=O) groups is 1. The zero-order valence-electron chi connectivity index (χ0n) is 14.7. The Bertz CT molecular complexity index is 663. The summed E-state index contributed by atoms with van der Waals surface area (Å²) >= 11 is 6.20. The number of rotatable bonds is 9. The lowest BCUT2D eigenvalue weighted by Gasteiger charge is -2.19. The van der Waals surface area contributed by atoms with Crippen molar-refractivity contribution >= 4 is 17.9 Å². The van der Waals surface area contributed by atoms with Crippen molar-refractivity contribution in [3.8, 4) is 0 Å². The molecule has 0 aliphatic rings. The lowest BCUT2D eigenvalue weighted by Crippen LogP contribution is -2.04. The molecule has 0 heterocycles. The van der Waals surface area contributed by atoms with E-state index in [2.05, 4.69) is 44.2 Å². The Hall–Kier alpha value is -1.60. The fourth-order valence-corrected chi connectivity index (χ4v) is 3.36. The summed E-state index contributed by atoms with van der Waals surface area (Å²) in [6, 6.07) is 15.0. The molecular formula is C22H27ClO. The quantitative estimate of drug-likeness (QED) is 0.379. The number of hydrogen-bond donors (Lipinski definition) is 0. The number of aryl methyl sites for hydroxylation is 2. The molecule has 0 amide bonds. The van der Waals surface area contributed by atoms with Gasteiger partial charge in [0.25, 0.3) is 0 Å². The SMILES string of the molecule is Cc1ccc(CC(CCCCCC=O)c2cccc(Cl)c2)cc1C. The first-order valence-corrected chi connectivity index (χ1v) is 9.23. The molecular weight excluding hydrogens is 316 g/mol. The Morgan fingerprint density at radius 3 is 2.54 bits per heavy atom. The Morgan fingerprint density at radius 2 is 1.83 bits per heavy atom. The number of halogens is 1. The molecule has 0 bridgehead atoms. The minimum atomic E-state index is 0.474. The first-order valence-electron chi connectivity index (χ1n) is 8.85. The second-order valence-electron chi connectivity index (χ2n) is 6.68. The van der Waals surface area contributed by atoms with Gasteiger partial charge in [-0.3, -0.25) is 0 Å². The topological polar surface area (TPSA) is 17.1 Å². The first-order chi connectivity index (χ1) is 11.6. The van der Waals surface area contributed by atoms with Gasteiger partial charge in [0.15, 0.2) is 0 Å². The number of hydrogen-bond acceptors (Lipinski definition) is 1. The Labute approximate surface area is 151 Å². The summed E-state index contributed by atoms with van der Waals surface area (Å²) in [5.41, 5.74) is 5.39. The molecule has 2 aromatic rings. The summed E-state index contributed by atoms with van der Waals surface area (Å²) in [6.45, 7) is 4.33. The molecule has 0 saturated heterocycles. The minimum Gasteiger partial charge on any atom is -0.303 e. The highest BCUT2D eigenvalue weighted by molar-refractivity contribution is 6.30. The van der Waals surface area contributed by atoms with Crippen LogP contribution in [0, 0.1) is 13.8 Å². The second kappa shape index (κ2) is 9.64. The molecule has 128 valence electrons. The predicted octanol–water partition coefficient (Wildman–Crippen LogP) is 6.43. The summed E-state index contributed by atoms with van der Waals surface area (Å²) in [5, 5.41) is 0.804. The van der Waals surface area contributed by atoms with Crippen LogP contribution in [-0.2, 0) is 11.2 Å². The molecule has 0 aromatic heterocycles. The summed E-state index contributed by atoms with van der Waals surface area (Å²) < 4.78 is 0. The summed E-state index contributed by atoms with van der Waals surface area (Å²) in [6.07, 6.45) is 7.12. The molecule has 1 atom stereocenters. The van der Waals surface area contributed by atoms with Gasteiger partial charge in [-0.2, -0.15) is 0 Å². The lowest BCUT2D eigenvalue weighted by atomic mass is 9.87. The standard InChI is InChI=1S/C22H27ClO/c1-17-11-12-19(14-18(17)2)15-20(8-5-3-4-6-13-24)21-9-7-10-22(23)16-21/h7,9-14,16,20H,3-6,8,15H2,1-2H3. The Morgan fingerprint density at radius 1 is 1.00 bits per heavy atom. The molecule has 0 spiro atoms. The van der Waals surface area contributed by atoms with Crippen LogP contribution in [0.1, 0.15) is 60.3 Å². The average Bonchev–Trinajstić information content (AvgIpc) is 2.57. The predicted molar refractivity (Wildman–Crippen MR) is 103 cm³/mol. The van der Waals surface area contributed by atoms with E-state index in [-0.39, 0.29) is 0 Å². The van der Waals surface area contributed by atoms with Crippen molar-refractivity contribution in [3.05, 3.63) is 69.7 Å². The monoisotopic (exact) mass is 342 g/mol. The molecule has 0 saturated carbocycles. The van der Waals surface area contributed by atoms with Gasteiger partial charge in [0.2, 0.25) is 0 Å². The molecule has 0 aliphatic carbocycles. The highest BCUT2D eigenvalue weighted by atomic mass is 35.5. The fourth-order valence-electron chi connectivity index (χ4n) is 3.16. The molecule has 0 radical (unpaired) electrons. The van der Waals surface area contributed by atoms with E-state index < -0.39 is 0 Å². The van der Waals surface area contributed by atoms with E-state index in [4.69, 9.17) is 11.6 Å². The molecule has 2 aromatic carbocycles. The molecule has 1 nitrogen and oxygen atoms in total. The molecule has 0 fully saturated rings. The molecule has 0 N–H and O–H groups in total. The van der Waals surface area contributed by atoms with Crippen LogP contribution in [0.4, 0.5) is 0 Å². The molecule has 2 rings (SSSR count). The number of aldehydes is 1. The van der Waals surface area contributed by atoms with Gasteiger partial charge < -0.3 is 4.79 Å². The van der Waals surface area contributed by atoms with Gasteiger partial charge in [0, 0.05) is 11.4 Å². The van der Waals surface area contributed by atoms with Gasteiger partial charge in [0.05, 0.1) is 0 Å². The van der Waals surface area contributed by atoms with Crippen LogP contribution in [0.2, 0.25) is 5.02 Å². The van der Waals surface area contributed by atoms with Crippen LogP contribution < -0.4 is 0 Å². The Balaban J connectivity index is 2.09. The third-order valence-corrected chi connectivity index (χ3v) is 4.98. The zero-order chi connectivity index (χ0) is 17.4. The van der Waals surface area contributed by atoms with Crippen molar-refractivity contribution in [3.63, 3.8) is 0 Å². The van der Waals surface area contributed by atoms with Gasteiger partial charge in [0.1, 0.15) is 6.29 Å². The van der Waals surface area contributed by atoms with Gasteiger partial charge in [-0.25, -0.2) is 0 Å². The van der Waals surface area contributed by atoms with E-state index in [0.717, 1.165) is 43.4 Å². The van der Waals surface area contributed by atoms with E-state index in [1.807, 2.05) is 12.1 Å². The van der Waals surface area contributed by atoms with Gasteiger partial charge >= 0.3 is 0 Å². The zero-order valence-corrected chi connectivity index (χ0v) is 15.5. The minimum absolute atomic E-state index is 0.474. The molecule has 0 aliphatic heterocycles. The third-order valence-electron chi connectivity index (χ3n) is 4.75. The Kier molecular flexibility index (Phi) is 7.52. The summed E-state index contributed by atoms with van der Waals surface area (Å²) in [7, 11) is 0. The second-order valence-corrected chi connectivity index (χ2v) is 7.12. The van der Waals surface area contributed by atoms with E-state index in [1.54, 1.807) is 0 Å². The van der Waals surface area contributed by atoms with Crippen molar-refractivity contribution in [1.82, 2.24) is 0 Å². The van der Waals surface area contributed by atoms with E-state index in [0.29, 0.717) is 12.3 Å². The normalized spacial score (nSPS) is 12.1. The number of carbonyl (C=O) groups excluding carboxylic acids is 1. The third kappa shape index (κ3) is 5.79. The highest BCUT2D eigenvalue weighted by Gasteiger charge is 2.13. The van der Waals surface area contributed by atoms with Crippen LogP contribution in [0.25, 0.3) is 0 Å². The van der Waals surface area contributed by atoms with Crippen molar-refractivity contribution in [2.24, 2.45) is 0 Å². The van der Waals surface area contributed by atoms with Gasteiger partial charge in [-0.15, -0.1) is 0 Å². The molecule has 2 heteroatoms. The van der Waals surface area contributed by atoms with Crippen LogP contribution in [0.3, 0.4) is 0 Å². The highest BCUT2D eigenvalue weighted by Crippen LogP contribution is 2.29.